The summed E-state index contributed by atoms with van der Waals surface area (Å²) in [6.45, 7) is 1.85. The lowest BCUT2D eigenvalue weighted by Crippen LogP contribution is -2.10. The first kappa shape index (κ1) is 16.3. The van der Waals surface area contributed by atoms with Gasteiger partial charge in [0.1, 0.15) is 0 Å². The summed E-state index contributed by atoms with van der Waals surface area (Å²) in [5.74, 6) is -0.0983. The Balaban J connectivity index is 2.42. The molecule has 22 heavy (non-hydrogen) atoms. The van der Waals surface area contributed by atoms with E-state index in [-0.39, 0.29) is 11.9 Å². The van der Waals surface area contributed by atoms with Crippen molar-refractivity contribution < 1.29 is 9.53 Å². The zero-order chi connectivity index (χ0) is 15.9. The second-order valence-electron chi connectivity index (χ2n) is 5.01. The molecule has 2 aromatic carbocycles. The van der Waals surface area contributed by atoms with Gasteiger partial charge in [0, 0.05) is 5.88 Å². The Morgan fingerprint density at radius 1 is 1.14 bits per heavy atom. The molecule has 0 amide bonds. The molecule has 1 unspecified atom stereocenters. The molecule has 0 N–H and O–H groups in total. The topological polar surface area (TPSA) is 26.3 Å². The summed E-state index contributed by atoms with van der Waals surface area (Å²) < 4.78 is 4.82. The lowest BCUT2D eigenvalue weighted by atomic mass is 9.93. The number of hydrogen-bond acceptors (Lipinski definition) is 2. The molecule has 2 nitrogen and oxygen atoms in total. The molecule has 0 saturated heterocycles. The van der Waals surface area contributed by atoms with Crippen molar-refractivity contribution in [1.29, 1.82) is 0 Å². The van der Waals surface area contributed by atoms with E-state index >= 15 is 0 Å². The maximum Gasteiger partial charge on any atom is 0.312 e. The largest absolute Gasteiger partial charge is 0.469 e. The average molecular weight is 315 g/mol. The first-order valence-corrected chi connectivity index (χ1v) is 7.70. The van der Waals surface area contributed by atoms with E-state index in [9.17, 15) is 4.79 Å². The zero-order valence-corrected chi connectivity index (χ0v) is 13.5. The summed E-state index contributed by atoms with van der Waals surface area (Å²) in [6.07, 6.45) is 1.98. The minimum absolute atomic E-state index is 0.236. The average Bonchev–Trinajstić information content (AvgIpc) is 2.59. The van der Waals surface area contributed by atoms with Gasteiger partial charge < -0.3 is 4.74 Å². The van der Waals surface area contributed by atoms with Gasteiger partial charge in [-0.25, -0.2) is 0 Å². The molecule has 0 aliphatic rings. The number of benzene rings is 2. The Kier molecular flexibility index (Phi) is 5.79. The normalized spacial score (nSPS) is 12.8. The first-order chi connectivity index (χ1) is 10.7. The van der Waals surface area contributed by atoms with E-state index in [2.05, 4.69) is 12.1 Å². The quantitative estimate of drug-likeness (QED) is 0.594. The van der Waals surface area contributed by atoms with Crippen LogP contribution in [-0.4, -0.2) is 19.0 Å². The minimum Gasteiger partial charge on any atom is -0.469 e. The van der Waals surface area contributed by atoms with Gasteiger partial charge in [-0.2, -0.15) is 0 Å². The zero-order valence-electron chi connectivity index (χ0n) is 12.8. The molecule has 1 atom stereocenters. The van der Waals surface area contributed by atoms with Gasteiger partial charge in [0.05, 0.1) is 13.0 Å². The van der Waals surface area contributed by atoms with Crippen LogP contribution in [0.1, 0.15) is 29.5 Å². The van der Waals surface area contributed by atoms with Crippen molar-refractivity contribution in [2.75, 3.05) is 13.0 Å². The lowest BCUT2D eigenvalue weighted by molar-refractivity contribution is -0.141. The third-order valence-corrected chi connectivity index (χ3v) is 3.77. The Labute approximate surface area is 136 Å². The molecule has 2 rings (SSSR count). The van der Waals surface area contributed by atoms with Gasteiger partial charge in [-0.1, -0.05) is 60.7 Å². The molecule has 2 aromatic rings. The number of carbonyl (C=O) groups is 1. The Morgan fingerprint density at radius 2 is 1.82 bits per heavy atom. The molecule has 0 aromatic heterocycles. The van der Waals surface area contributed by atoms with E-state index in [0.717, 1.165) is 22.3 Å². The van der Waals surface area contributed by atoms with Crippen LogP contribution < -0.4 is 0 Å². The van der Waals surface area contributed by atoms with Crippen LogP contribution in [0.15, 0.2) is 60.7 Å². The summed E-state index contributed by atoms with van der Waals surface area (Å²) in [7, 11) is 1.41. The van der Waals surface area contributed by atoms with E-state index < -0.39 is 0 Å². The van der Waals surface area contributed by atoms with Crippen LogP contribution in [0.2, 0.25) is 0 Å². The van der Waals surface area contributed by atoms with Crippen LogP contribution in [-0.2, 0) is 9.53 Å². The van der Waals surface area contributed by atoms with Crippen LogP contribution in [0.3, 0.4) is 0 Å². The number of alkyl halides is 1. The highest BCUT2D eigenvalue weighted by molar-refractivity contribution is 6.19. The number of halogens is 1. The molecule has 114 valence electrons. The molecular formula is C19H19ClO2. The number of rotatable bonds is 5. The van der Waals surface area contributed by atoms with Gasteiger partial charge in [0.2, 0.25) is 0 Å². The van der Waals surface area contributed by atoms with E-state index in [1.165, 1.54) is 7.11 Å². The van der Waals surface area contributed by atoms with Crippen molar-refractivity contribution in [1.82, 2.24) is 0 Å². The predicted molar refractivity (Wildman–Crippen MR) is 91.1 cm³/mol. The molecule has 3 heteroatoms. The monoisotopic (exact) mass is 314 g/mol. The molecule has 0 spiro atoms. The van der Waals surface area contributed by atoms with Gasteiger partial charge in [-0.15, -0.1) is 11.6 Å². The summed E-state index contributed by atoms with van der Waals surface area (Å²) in [4.78, 5) is 11.7. The number of hydrogen-bond donors (Lipinski definition) is 0. The van der Waals surface area contributed by atoms with Gasteiger partial charge in [-0.05, 0) is 29.2 Å². The molecule has 0 fully saturated rings. The summed E-state index contributed by atoms with van der Waals surface area (Å²) in [5, 5.41) is 0. The highest BCUT2D eigenvalue weighted by Crippen LogP contribution is 2.27. The molecule has 0 radical (unpaired) electrons. The molecule has 0 aliphatic heterocycles. The highest BCUT2D eigenvalue weighted by Gasteiger charge is 2.16. The summed E-state index contributed by atoms with van der Waals surface area (Å²) in [5.41, 5.74) is 4.14. The Morgan fingerprint density at radius 3 is 2.45 bits per heavy atom. The second-order valence-corrected chi connectivity index (χ2v) is 5.32. The van der Waals surface area contributed by atoms with Crippen LogP contribution in [0, 0.1) is 0 Å². The molecule has 0 heterocycles. The second kappa shape index (κ2) is 7.81. The van der Waals surface area contributed by atoms with Crippen molar-refractivity contribution in [3.8, 4) is 0 Å². The van der Waals surface area contributed by atoms with Gasteiger partial charge in [0.25, 0.3) is 0 Å². The highest BCUT2D eigenvalue weighted by atomic mass is 35.5. The standard InChI is InChI=1S/C19H19ClO2/c1-14(19(21)22-2)16-9-6-10-17(13-16)18(11-12-20)15-7-4-3-5-8-15/h3-11,13-14H,12H2,1-2H3/b18-11-. The van der Waals surface area contributed by atoms with Crippen molar-refractivity contribution >= 4 is 23.1 Å². The summed E-state index contributed by atoms with van der Waals surface area (Å²) >= 11 is 5.92. The predicted octanol–water partition coefficient (Wildman–Crippen LogP) is 4.63. The minimum atomic E-state index is -0.294. The maximum atomic E-state index is 11.7. The summed E-state index contributed by atoms with van der Waals surface area (Å²) in [6, 6.07) is 18.0. The van der Waals surface area contributed by atoms with Crippen molar-refractivity contribution in [2.45, 2.75) is 12.8 Å². The van der Waals surface area contributed by atoms with Gasteiger partial charge >= 0.3 is 5.97 Å². The number of ether oxygens (including phenoxy) is 1. The van der Waals surface area contributed by atoms with Crippen molar-refractivity contribution in [2.24, 2.45) is 0 Å². The van der Waals surface area contributed by atoms with Crippen LogP contribution in [0.5, 0.6) is 0 Å². The smallest absolute Gasteiger partial charge is 0.312 e. The van der Waals surface area contributed by atoms with Crippen LogP contribution >= 0.6 is 11.6 Å². The molecule has 0 saturated carbocycles. The fourth-order valence-corrected chi connectivity index (χ4v) is 2.54. The Bertz CT molecular complexity index is 662. The first-order valence-electron chi connectivity index (χ1n) is 7.17. The third-order valence-electron chi connectivity index (χ3n) is 3.62. The fourth-order valence-electron chi connectivity index (χ4n) is 2.39. The van der Waals surface area contributed by atoms with Crippen molar-refractivity contribution in [3.63, 3.8) is 0 Å². The molecule has 0 bridgehead atoms. The number of carbonyl (C=O) groups excluding carboxylic acids is 1. The van der Waals surface area contributed by atoms with E-state index in [1.807, 2.05) is 55.5 Å². The van der Waals surface area contributed by atoms with Crippen LogP contribution in [0.25, 0.3) is 5.57 Å². The van der Waals surface area contributed by atoms with E-state index in [1.54, 1.807) is 0 Å². The maximum absolute atomic E-state index is 11.7. The fraction of sp³-hybridized carbons (Fsp3) is 0.211. The third kappa shape index (κ3) is 3.77. The SMILES string of the molecule is COC(=O)C(C)c1cccc(/C(=C\CCl)c2ccccc2)c1. The number of methoxy groups -OCH3 is 1. The van der Waals surface area contributed by atoms with E-state index in [0.29, 0.717) is 5.88 Å². The van der Waals surface area contributed by atoms with Crippen molar-refractivity contribution in [3.05, 3.63) is 77.4 Å². The molecular weight excluding hydrogens is 296 g/mol. The number of esters is 1. The Hall–Kier alpha value is -2.06. The number of allylic oxidation sites excluding steroid dienone is 1. The van der Waals surface area contributed by atoms with Gasteiger partial charge in [0.15, 0.2) is 0 Å². The molecule has 0 aliphatic carbocycles. The lowest BCUT2D eigenvalue weighted by Gasteiger charge is -2.13. The van der Waals surface area contributed by atoms with E-state index in [4.69, 9.17) is 16.3 Å². The van der Waals surface area contributed by atoms with Gasteiger partial charge in [-0.3, -0.25) is 4.79 Å². The van der Waals surface area contributed by atoms with Crippen LogP contribution in [0.4, 0.5) is 0 Å².